The van der Waals surface area contributed by atoms with Gasteiger partial charge in [0.25, 0.3) is 0 Å². The Morgan fingerprint density at radius 1 is 0.600 bits per heavy atom. The summed E-state index contributed by atoms with van der Waals surface area (Å²) in [6, 6.07) is 32.1. The first kappa shape index (κ1) is 28.6. The Morgan fingerprint density at radius 2 is 1.24 bits per heavy atom. The summed E-state index contributed by atoms with van der Waals surface area (Å²) >= 11 is 0. The number of hydrogen-bond donors (Lipinski definition) is 0. The van der Waals surface area contributed by atoms with Gasteiger partial charge in [0.2, 0.25) is 0 Å². The minimum absolute atomic E-state index is 0.358. The van der Waals surface area contributed by atoms with Gasteiger partial charge in [0.05, 0.1) is 11.1 Å². The number of nitrogens with zero attached hydrogens (tertiary/aromatic N) is 1. The summed E-state index contributed by atoms with van der Waals surface area (Å²) in [5, 5.41) is 5.81. The first-order chi connectivity index (χ1) is 22.0. The van der Waals surface area contributed by atoms with Crippen LogP contribution in [0.1, 0.15) is 39.2 Å². The minimum Gasteiger partial charge on any atom is -0.422 e. The van der Waals surface area contributed by atoms with Crippen molar-refractivity contribution in [1.29, 1.82) is 0 Å². The molecule has 0 fully saturated rings. The fourth-order valence-electron chi connectivity index (χ4n) is 6.46. The molecule has 2 heterocycles. The lowest BCUT2D eigenvalue weighted by Crippen LogP contribution is -2.21. The first-order valence-corrected chi connectivity index (χ1v) is 15.8. The molecular formula is C40H35NO4. The Bertz CT molecular complexity index is 2340. The number of unbranched alkanes of at least 4 members (excludes halogenated alkanes) is 1. The summed E-state index contributed by atoms with van der Waals surface area (Å²) in [5.41, 5.74) is 5.42. The van der Waals surface area contributed by atoms with Crippen LogP contribution in [0.15, 0.2) is 115 Å². The van der Waals surface area contributed by atoms with E-state index in [-0.39, 0.29) is 11.3 Å². The summed E-state index contributed by atoms with van der Waals surface area (Å²) in [4.78, 5) is 28.6. The van der Waals surface area contributed by atoms with E-state index in [2.05, 4.69) is 43.9 Å². The highest BCUT2D eigenvalue weighted by Crippen LogP contribution is 2.32. The quantitative estimate of drug-likeness (QED) is 0.130. The second-order valence-electron chi connectivity index (χ2n) is 11.7. The smallest absolute Gasteiger partial charge is 0.344 e. The van der Waals surface area contributed by atoms with E-state index < -0.39 is 0 Å². The largest absolute Gasteiger partial charge is 0.422 e. The molecule has 0 saturated carbocycles. The maximum Gasteiger partial charge on any atom is 0.344 e. The summed E-state index contributed by atoms with van der Waals surface area (Å²) in [6.07, 6.45) is 3.26. The van der Waals surface area contributed by atoms with Crippen LogP contribution in [0, 0.1) is 0 Å². The van der Waals surface area contributed by atoms with Crippen LogP contribution < -0.4 is 16.2 Å². The summed E-state index contributed by atoms with van der Waals surface area (Å²) < 4.78 is 11.8. The van der Waals surface area contributed by atoms with E-state index in [0.29, 0.717) is 22.3 Å². The molecule has 5 nitrogen and oxygen atoms in total. The lowest BCUT2D eigenvalue weighted by atomic mass is 9.96. The predicted molar refractivity (Wildman–Crippen MR) is 187 cm³/mol. The summed E-state index contributed by atoms with van der Waals surface area (Å²) in [6.45, 7) is 8.17. The molecule has 7 aromatic rings. The second-order valence-corrected chi connectivity index (χ2v) is 11.7. The van der Waals surface area contributed by atoms with Crippen molar-refractivity contribution in [3.8, 4) is 22.3 Å². The van der Waals surface area contributed by atoms with E-state index in [4.69, 9.17) is 8.83 Å². The monoisotopic (exact) mass is 593 g/mol. The van der Waals surface area contributed by atoms with E-state index in [1.165, 1.54) is 5.56 Å². The maximum atomic E-state index is 13.3. The van der Waals surface area contributed by atoms with Gasteiger partial charge in [0.1, 0.15) is 11.2 Å². The van der Waals surface area contributed by atoms with Gasteiger partial charge in [-0.3, -0.25) is 0 Å². The lowest BCUT2D eigenvalue weighted by molar-refractivity contribution is 0.563. The van der Waals surface area contributed by atoms with Gasteiger partial charge in [-0.1, -0.05) is 67.9 Å². The third-order valence-corrected chi connectivity index (χ3v) is 8.96. The molecule has 0 bridgehead atoms. The summed E-state index contributed by atoms with van der Waals surface area (Å²) in [5.74, 6) is 0. The zero-order valence-corrected chi connectivity index (χ0v) is 25.9. The zero-order valence-electron chi connectivity index (χ0n) is 25.9. The van der Waals surface area contributed by atoms with Crippen molar-refractivity contribution < 1.29 is 8.83 Å². The Balaban J connectivity index is 1.24. The SMILES string of the molecule is CCCCc1cccc2c1ccc1cc(-c3ccc4cc(-c5cc6ccc(N(CC)CC)cc6oc5=O)ccc4c3)c(=O)oc12. The van der Waals surface area contributed by atoms with Gasteiger partial charge in [-0.15, -0.1) is 0 Å². The van der Waals surface area contributed by atoms with Gasteiger partial charge in [0.15, 0.2) is 0 Å². The summed E-state index contributed by atoms with van der Waals surface area (Å²) in [7, 11) is 0. The molecule has 0 unspecified atom stereocenters. The fourth-order valence-corrected chi connectivity index (χ4v) is 6.46. The molecular weight excluding hydrogens is 558 g/mol. The third kappa shape index (κ3) is 5.18. The maximum absolute atomic E-state index is 13.3. The molecule has 0 saturated heterocycles. The van der Waals surface area contributed by atoms with Crippen molar-refractivity contribution in [1.82, 2.24) is 0 Å². The second kappa shape index (κ2) is 11.7. The highest BCUT2D eigenvalue weighted by molar-refractivity contribution is 6.06. The molecule has 0 aliphatic carbocycles. The molecule has 5 heteroatoms. The van der Waals surface area contributed by atoms with Crippen molar-refractivity contribution >= 4 is 49.2 Å². The van der Waals surface area contributed by atoms with Crippen LogP contribution >= 0.6 is 0 Å². The lowest BCUT2D eigenvalue weighted by Gasteiger charge is -2.21. The predicted octanol–water partition coefficient (Wildman–Crippen LogP) is 9.73. The molecule has 0 N–H and O–H groups in total. The molecule has 224 valence electrons. The van der Waals surface area contributed by atoms with Crippen LogP contribution in [-0.2, 0) is 6.42 Å². The van der Waals surface area contributed by atoms with Crippen molar-refractivity contribution in [2.45, 2.75) is 40.0 Å². The normalized spacial score (nSPS) is 11.6. The standard InChI is InChI=1S/C40H35NO4/c1-4-7-9-25-10-8-11-34-33(25)19-17-31-23-36(40(43)45-38(31)34)29-15-13-26-20-28(14-12-27(26)21-29)35-22-30-16-18-32(41(5-2)6-3)24-37(30)44-39(35)42/h8,10-24H,4-7,9H2,1-3H3. The average molecular weight is 594 g/mol. The van der Waals surface area contributed by atoms with E-state index in [1.54, 1.807) is 0 Å². The molecule has 7 rings (SSSR count). The molecule has 45 heavy (non-hydrogen) atoms. The Kier molecular flexibility index (Phi) is 7.46. The van der Waals surface area contributed by atoms with Gasteiger partial charge in [-0.05, 0) is 95.9 Å². The fraction of sp³-hybridized carbons (Fsp3) is 0.200. The van der Waals surface area contributed by atoms with Crippen molar-refractivity contribution in [2.24, 2.45) is 0 Å². The van der Waals surface area contributed by atoms with E-state index in [0.717, 1.165) is 81.5 Å². The van der Waals surface area contributed by atoms with Gasteiger partial charge in [-0.2, -0.15) is 0 Å². The van der Waals surface area contributed by atoms with Crippen LogP contribution in [0.4, 0.5) is 5.69 Å². The van der Waals surface area contributed by atoms with Gasteiger partial charge >= 0.3 is 11.3 Å². The van der Waals surface area contributed by atoms with Crippen LogP contribution in [0.5, 0.6) is 0 Å². The van der Waals surface area contributed by atoms with Gasteiger partial charge in [0, 0.05) is 41.0 Å². The first-order valence-electron chi connectivity index (χ1n) is 15.8. The number of rotatable bonds is 8. The highest BCUT2D eigenvalue weighted by atomic mass is 16.4. The zero-order chi connectivity index (χ0) is 31.1. The number of aryl methyl sites for hydroxylation is 1. The molecule has 0 spiro atoms. The Hall–Kier alpha value is -5.16. The Morgan fingerprint density at radius 3 is 1.93 bits per heavy atom. The molecule has 0 amide bonds. The van der Waals surface area contributed by atoms with Crippen LogP contribution in [0.2, 0.25) is 0 Å². The van der Waals surface area contributed by atoms with E-state index >= 15 is 0 Å². The highest BCUT2D eigenvalue weighted by Gasteiger charge is 2.14. The van der Waals surface area contributed by atoms with Crippen LogP contribution in [0.25, 0.3) is 65.7 Å². The molecule has 0 aliphatic rings. The number of benzene rings is 5. The average Bonchev–Trinajstić information content (AvgIpc) is 3.06. The molecule has 0 radical (unpaired) electrons. The Labute approximate surface area is 261 Å². The van der Waals surface area contributed by atoms with E-state index in [9.17, 15) is 9.59 Å². The third-order valence-electron chi connectivity index (χ3n) is 8.96. The topological polar surface area (TPSA) is 63.7 Å². The molecule has 2 aromatic heterocycles. The van der Waals surface area contributed by atoms with Gasteiger partial charge in [-0.25, -0.2) is 9.59 Å². The number of anilines is 1. The minimum atomic E-state index is -0.367. The molecule has 0 atom stereocenters. The molecule has 0 aliphatic heterocycles. The van der Waals surface area contributed by atoms with Crippen LogP contribution in [-0.4, -0.2) is 13.1 Å². The number of hydrogen-bond acceptors (Lipinski definition) is 5. The molecule has 5 aromatic carbocycles. The van der Waals surface area contributed by atoms with E-state index in [1.807, 2.05) is 78.9 Å². The van der Waals surface area contributed by atoms with Crippen molar-refractivity contribution in [2.75, 3.05) is 18.0 Å². The van der Waals surface area contributed by atoms with Crippen molar-refractivity contribution in [3.05, 3.63) is 123 Å². The van der Waals surface area contributed by atoms with Crippen molar-refractivity contribution in [3.63, 3.8) is 0 Å². The number of fused-ring (bicyclic) bond motifs is 5. The van der Waals surface area contributed by atoms with Gasteiger partial charge < -0.3 is 13.7 Å². The van der Waals surface area contributed by atoms with Crippen LogP contribution in [0.3, 0.4) is 0 Å².